The van der Waals surface area contributed by atoms with Gasteiger partial charge in [-0.1, -0.05) is 51.9 Å². The molecule has 0 saturated heterocycles. The zero-order chi connectivity index (χ0) is 15.7. The van der Waals surface area contributed by atoms with Gasteiger partial charge in [-0.15, -0.1) is 11.8 Å². The molecular weight excluding hydrogens is 300 g/mol. The molecule has 1 aliphatic rings. The van der Waals surface area contributed by atoms with Gasteiger partial charge in [0.1, 0.15) is 0 Å². The molecule has 121 valence electrons. The summed E-state index contributed by atoms with van der Waals surface area (Å²) < 4.78 is 52.4. The Balaban J connectivity index is 2.14. The van der Waals surface area contributed by atoms with Crippen LogP contribution in [0.5, 0.6) is 0 Å². The Kier molecular flexibility index (Phi) is 9.13. The molecule has 1 rings (SSSR count). The maximum Gasteiger partial charge on any atom is 0.242 e. The monoisotopic (exact) mass is 323 g/mol. The van der Waals surface area contributed by atoms with Gasteiger partial charge < -0.3 is 0 Å². The molecule has 0 bridgehead atoms. The Morgan fingerprint density at radius 1 is 0.905 bits per heavy atom. The van der Waals surface area contributed by atoms with Crippen molar-refractivity contribution in [2.24, 2.45) is 0 Å². The summed E-state index contributed by atoms with van der Waals surface area (Å²) in [6, 6.07) is 0. The highest BCUT2D eigenvalue weighted by Crippen LogP contribution is 2.40. The van der Waals surface area contributed by atoms with Gasteiger partial charge in [-0.25, -0.2) is 17.6 Å². The van der Waals surface area contributed by atoms with E-state index in [1.54, 1.807) is 0 Å². The van der Waals surface area contributed by atoms with Gasteiger partial charge in [0.25, 0.3) is 0 Å². The number of hydrogen-bond donors (Lipinski definition) is 0. The molecule has 1 radical (unpaired) electrons. The van der Waals surface area contributed by atoms with E-state index in [0.717, 1.165) is 37.1 Å². The molecule has 0 aromatic carbocycles. The predicted octanol–water partition coefficient (Wildman–Crippen LogP) is 6.75. The van der Waals surface area contributed by atoms with Crippen LogP contribution < -0.4 is 0 Å². The lowest BCUT2D eigenvalue weighted by Crippen LogP contribution is -2.13. The van der Waals surface area contributed by atoms with Gasteiger partial charge in [0.15, 0.2) is 17.8 Å². The summed E-state index contributed by atoms with van der Waals surface area (Å²) in [6.45, 7) is 2.18. The standard InChI is InChI=1S/C16H23F4S/c1-2-3-4-5-6-7-8-9-10-21-13-11-12(17)14(18)16(20)15(13)19/h11-12H,2-10H2,1H3. The van der Waals surface area contributed by atoms with Crippen LogP contribution in [0.1, 0.15) is 58.3 Å². The van der Waals surface area contributed by atoms with Crippen LogP contribution in [0.3, 0.4) is 0 Å². The summed E-state index contributed by atoms with van der Waals surface area (Å²) in [5.41, 5.74) is 0. The number of thioether (sulfide) groups is 1. The van der Waals surface area contributed by atoms with Crippen LogP contribution in [0, 0.1) is 6.17 Å². The lowest BCUT2D eigenvalue weighted by atomic mass is 10.1. The molecule has 0 saturated carbocycles. The highest BCUT2D eigenvalue weighted by atomic mass is 32.2. The van der Waals surface area contributed by atoms with E-state index in [-0.39, 0.29) is 4.91 Å². The van der Waals surface area contributed by atoms with Crippen LogP contribution >= 0.6 is 11.8 Å². The molecule has 5 heteroatoms. The van der Waals surface area contributed by atoms with E-state index in [1.807, 2.05) is 0 Å². The van der Waals surface area contributed by atoms with Gasteiger partial charge in [-0.3, -0.25) is 0 Å². The SMILES string of the molecule is CCCCCCCCCCSC1=CC(F)[C](F)C(F)=C1F. The van der Waals surface area contributed by atoms with E-state index in [2.05, 4.69) is 6.92 Å². The van der Waals surface area contributed by atoms with Crippen molar-refractivity contribution < 1.29 is 17.6 Å². The number of alkyl halides is 1. The first kappa shape index (κ1) is 18.6. The van der Waals surface area contributed by atoms with E-state index in [4.69, 9.17) is 0 Å². The van der Waals surface area contributed by atoms with Gasteiger partial charge in [-0.05, 0) is 18.2 Å². The third kappa shape index (κ3) is 6.45. The minimum Gasteiger partial charge on any atom is -0.239 e. The Labute approximate surface area is 129 Å². The predicted molar refractivity (Wildman–Crippen MR) is 81.6 cm³/mol. The number of allylic oxidation sites excluding steroid dienone is 3. The summed E-state index contributed by atoms with van der Waals surface area (Å²) in [5, 5.41) is 0. The molecule has 1 unspecified atom stereocenters. The highest BCUT2D eigenvalue weighted by Gasteiger charge is 2.34. The fourth-order valence-corrected chi connectivity index (χ4v) is 3.14. The zero-order valence-electron chi connectivity index (χ0n) is 12.4. The van der Waals surface area contributed by atoms with E-state index >= 15 is 0 Å². The average Bonchev–Trinajstić information content (AvgIpc) is 2.48. The molecular formula is C16H23F4S. The zero-order valence-corrected chi connectivity index (χ0v) is 13.3. The molecule has 0 nitrogen and oxygen atoms in total. The summed E-state index contributed by atoms with van der Waals surface area (Å²) in [6.07, 6.45) is 6.23. The Morgan fingerprint density at radius 3 is 2.10 bits per heavy atom. The van der Waals surface area contributed by atoms with Crippen LogP contribution in [0.2, 0.25) is 0 Å². The fraction of sp³-hybridized carbons (Fsp3) is 0.688. The van der Waals surface area contributed by atoms with Gasteiger partial charge >= 0.3 is 0 Å². The van der Waals surface area contributed by atoms with Crippen molar-refractivity contribution in [1.82, 2.24) is 0 Å². The molecule has 0 aromatic heterocycles. The topological polar surface area (TPSA) is 0 Å². The average molecular weight is 323 g/mol. The number of halogens is 4. The van der Waals surface area contributed by atoms with Crippen LogP contribution in [-0.2, 0) is 0 Å². The smallest absolute Gasteiger partial charge is 0.239 e. The second kappa shape index (κ2) is 10.3. The molecule has 0 amide bonds. The number of hydrogen-bond acceptors (Lipinski definition) is 1. The third-order valence-electron chi connectivity index (χ3n) is 3.41. The van der Waals surface area contributed by atoms with Crippen molar-refractivity contribution in [3.05, 3.63) is 28.8 Å². The van der Waals surface area contributed by atoms with Crippen molar-refractivity contribution in [3.8, 4) is 0 Å². The highest BCUT2D eigenvalue weighted by molar-refractivity contribution is 8.03. The first-order valence-electron chi connectivity index (χ1n) is 7.65. The Morgan fingerprint density at radius 2 is 1.48 bits per heavy atom. The fourth-order valence-electron chi connectivity index (χ4n) is 2.14. The lowest BCUT2D eigenvalue weighted by Gasteiger charge is -2.16. The van der Waals surface area contributed by atoms with E-state index in [9.17, 15) is 17.6 Å². The summed E-state index contributed by atoms with van der Waals surface area (Å²) in [5.74, 6) is -2.37. The second-order valence-corrected chi connectivity index (χ2v) is 6.37. The Hall–Kier alpha value is -0.450. The molecule has 0 aliphatic heterocycles. The molecule has 1 aliphatic carbocycles. The lowest BCUT2D eigenvalue weighted by molar-refractivity contribution is 0.287. The van der Waals surface area contributed by atoms with Gasteiger partial charge in [-0.2, -0.15) is 0 Å². The van der Waals surface area contributed by atoms with Crippen LogP contribution in [0.15, 0.2) is 22.6 Å². The second-order valence-electron chi connectivity index (χ2n) is 5.23. The Bertz CT molecular complexity index is 365. The number of rotatable bonds is 10. The van der Waals surface area contributed by atoms with Crippen LogP contribution in [0.4, 0.5) is 17.6 Å². The molecule has 0 N–H and O–H groups in total. The van der Waals surface area contributed by atoms with E-state index < -0.39 is 24.0 Å². The maximum atomic E-state index is 13.4. The first-order valence-corrected chi connectivity index (χ1v) is 8.63. The normalized spacial score (nSPS) is 20.0. The summed E-state index contributed by atoms with van der Waals surface area (Å²) in [7, 11) is 0. The number of unbranched alkanes of at least 4 members (excludes halogenated alkanes) is 7. The molecule has 1 atom stereocenters. The summed E-state index contributed by atoms with van der Waals surface area (Å²) >= 11 is 1.06. The van der Waals surface area contributed by atoms with Crippen LogP contribution in [-0.4, -0.2) is 11.9 Å². The minimum absolute atomic E-state index is 0.121. The van der Waals surface area contributed by atoms with E-state index in [0.29, 0.717) is 5.75 Å². The first-order chi connectivity index (χ1) is 10.1. The molecule has 0 heterocycles. The van der Waals surface area contributed by atoms with Crippen molar-refractivity contribution in [2.75, 3.05) is 5.75 Å². The largest absolute Gasteiger partial charge is 0.242 e. The molecule has 0 spiro atoms. The quantitative estimate of drug-likeness (QED) is 0.316. The maximum absolute atomic E-state index is 13.4. The third-order valence-corrected chi connectivity index (χ3v) is 4.53. The van der Waals surface area contributed by atoms with Gasteiger partial charge in [0, 0.05) is 4.91 Å². The van der Waals surface area contributed by atoms with E-state index in [1.165, 1.54) is 32.1 Å². The van der Waals surface area contributed by atoms with Crippen molar-refractivity contribution >= 4 is 11.8 Å². The van der Waals surface area contributed by atoms with Crippen molar-refractivity contribution in [2.45, 2.75) is 64.5 Å². The molecule has 0 aromatic rings. The van der Waals surface area contributed by atoms with Gasteiger partial charge in [0.05, 0.1) is 0 Å². The summed E-state index contributed by atoms with van der Waals surface area (Å²) in [4.78, 5) is -0.121. The van der Waals surface area contributed by atoms with Crippen LogP contribution in [0.25, 0.3) is 0 Å². The van der Waals surface area contributed by atoms with Crippen molar-refractivity contribution in [1.29, 1.82) is 0 Å². The van der Waals surface area contributed by atoms with Crippen molar-refractivity contribution in [3.63, 3.8) is 0 Å². The van der Waals surface area contributed by atoms with Gasteiger partial charge in [0.2, 0.25) is 6.17 Å². The molecule has 0 fully saturated rings. The molecule has 21 heavy (non-hydrogen) atoms. The minimum atomic E-state index is -2.16.